The fourth-order valence-electron chi connectivity index (χ4n) is 1.27. The average molecular weight is 240 g/mol. The number of nitrogens with zero attached hydrogens (tertiary/aromatic N) is 2. The van der Waals surface area contributed by atoms with Gasteiger partial charge in [0, 0.05) is 19.5 Å². The van der Waals surface area contributed by atoms with Crippen molar-refractivity contribution in [3.8, 4) is 12.3 Å². The van der Waals surface area contributed by atoms with E-state index in [1.807, 2.05) is 6.92 Å². The van der Waals surface area contributed by atoms with E-state index in [2.05, 4.69) is 16.3 Å². The first-order valence-corrected chi connectivity index (χ1v) is 5.39. The summed E-state index contributed by atoms with van der Waals surface area (Å²) in [5, 5.41) is 7.15. The third-order valence-electron chi connectivity index (χ3n) is 2.29. The minimum absolute atomic E-state index is 0.108. The van der Waals surface area contributed by atoms with E-state index in [1.165, 1.54) is 10.9 Å². The van der Waals surface area contributed by atoms with Crippen molar-refractivity contribution in [2.45, 2.75) is 25.8 Å². The number of rotatable bonds is 4. The molecule has 5 heteroatoms. The standard InChI is InChI=1S/C11H14ClN3O/c1-4-6-8(5-2)14-9-7-13-15(3)11(16)10(9)12/h1,7-8,14H,5-6H2,2-3H3. The van der Waals surface area contributed by atoms with Gasteiger partial charge in [0.05, 0.1) is 11.9 Å². The van der Waals surface area contributed by atoms with Gasteiger partial charge < -0.3 is 5.32 Å². The lowest BCUT2D eigenvalue weighted by molar-refractivity contribution is 0.692. The molecule has 1 unspecified atom stereocenters. The summed E-state index contributed by atoms with van der Waals surface area (Å²) < 4.78 is 1.19. The zero-order chi connectivity index (χ0) is 12.1. The Bertz CT molecular complexity index is 461. The van der Waals surface area contributed by atoms with Crippen molar-refractivity contribution in [3.63, 3.8) is 0 Å². The quantitative estimate of drug-likeness (QED) is 0.813. The van der Waals surface area contributed by atoms with Crippen LogP contribution in [0, 0.1) is 12.3 Å². The monoisotopic (exact) mass is 239 g/mol. The van der Waals surface area contributed by atoms with Crippen molar-refractivity contribution in [1.82, 2.24) is 9.78 Å². The summed E-state index contributed by atoms with van der Waals surface area (Å²) in [6.45, 7) is 2.01. The maximum Gasteiger partial charge on any atom is 0.287 e. The summed E-state index contributed by atoms with van der Waals surface area (Å²) in [6.07, 6.45) is 8.22. The van der Waals surface area contributed by atoms with Crippen LogP contribution in [-0.2, 0) is 7.05 Å². The highest BCUT2D eigenvalue weighted by Crippen LogP contribution is 2.17. The van der Waals surface area contributed by atoms with Crippen molar-refractivity contribution < 1.29 is 0 Å². The van der Waals surface area contributed by atoms with Crippen LogP contribution in [0.15, 0.2) is 11.0 Å². The van der Waals surface area contributed by atoms with Crippen molar-refractivity contribution in [1.29, 1.82) is 0 Å². The average Bonchev–Trinajstić information content (AvgIpc) is 2.29. The molecule has 0 saturated heterocycles. The number of aromatic nitrogens is 2. The zero-order valence-corrected chi connectivity index (χ0v) is 10.1. The molecule has 0 bridgehead atoms. The molecule has 0 aliphatic carbocycles. The lowest BCUT2D eigenvalue weighted by Gasteiger charge is -2.16. The second kappa shape index (κ2) is 5.57. The highest BCUT2D eigenvalue weighted by molar-refractivity contribution is 6.32. The lowest BCUT2D eigenvalue weighted by Crippen LogP contribution is -2.24. The van der Waals surface area contributed by atoms with Gasteiger partial charge in [-0.25, -0.2) is 4.68 Å². The first-order chi connectivity index (χ1) is 7.60. The van der Waals surface area contributed by atoms with E-state index < -0.39 is 0 Å². The van der Waals surface area contributed by atoms with Gasteiger partial charge in [0.15, 0.2) is 0 Å². The minimum atomic E-state index is -0.317. The summed E-state index contributed by atoms with van der Waals surface area (Å²) in [5.74, 6) is 2.58. The van der Waals surface area contributed by atoms with Crippen LogP contribution in [0.25, 0.3) is 0 Å². The van der Waals surface area contributed by atoms with Crippen molar-refractivity contribution in [2.75, 3.05) is 5.32 Å². The second-order valence-electron chi connectivity index (χ2n) is 3.46. The van der Waals surface area contributed by atoms with Crippen LogP contribution < -0.4 is 10.9 Å². The predicted molar refractivity (Wildman–Crippen MR) is 65.6 cm³/mol. The van der Waals surface area contributed by atoms with E-state index in [-0.39, 0.29) is 16.6 Å². The summed E-state index contributed by atoms with van der Waals surface area (Å²) in [5.41, 5.74) is 0.217. The van der Waals surface area contributed by atoms with Gasteiger partial charge >= 0.3 is 0 Å². The van der Waals surface area contributed by atoms with Crippen molar-refractivity contribution >= 4 is 17.3 Å². The number of terminal acetylenes is 1. The summed E-state index contributed by atoms with van der Waals surface area (Å²) in [4.78, 5) is 11.5. The molecule has 0 saturated carbocycles. The molecule has 0 aliphatic rings. The molecule has 1 aromatic rings. The Kier molecular flexibility index (Phi) is 4.39. The van der Waals surface area contributed by atoms with Crippen LogP contribution >= 0.6 is 11.6 Å². The van der Waals surface area contributed by atoms with Gasteiger partial charge in [-0.1, -0.05) is 18.5 Å². The van der Waals surface area contributed by atoms with Gasteiger partial charge in [0.1, 0.15) is 5.02 Å². The predicted octanol–water partition coefficient (Wildman–Crippen LogP) is 1.65. The molecule has 0 radical (unpaired) electrons. The molecule has 0 aliphatic heterocycles. The fraction of sp³-hybridized carbons (Fsp3) is 0.455. The highest BCUT2D eigenvalue weighted by Gasteiger charge is 2.10. The Morgan fingerprint density at radius 2 is 2.44 bits per heavy atom. The molecule has 0 aromatic carbocycles. The van der Waals surface area contributed by atoms with E-state index in [0.29, 0.717) is 12.1 Å². The molecule has 1 heterocycles. The molecular weight excluding hydrogens is 226 g/mol. The van der Waals surface area contributed by atoms with Crippen LogP contribution in [-0.4, -0.2) is 15.8 Å². The molecule has 0 fully saturated rings. The molecule has 0 amide bonds. The number of nitrogens with one attached hydrogen (secondary N) is 1. The molecule has 1 rings (SSSR count). The number of hydrogen-bond donors (Lipinski definition) is 1. The Morgan fingerprint density at radius 1 is 1.75 bits per heavy atom. The smallest absolute Gasteiger partial charge is 0.287 e. The van der Waals surface area contributed by atoms with Crippen LogP contribution in [0.5, 0.6) is 0 Å². The lowest BCUT2D eigenvalue weighted by atomic mass is 10.1. The molecule has 16 heavy (non-hydrogen) atoms. The zero-order valence-electron chi connectivity index (χ0n) is 9.33. The summed E-state index contributed by atoms with van der Waals surface area (Å²) >= 11 is 5.91. The van der Waals surface area contributed by atoms with E-state index in [0.717, 1.165) is 6.42 Å². The van der Waals surface area contributed by atoms with E-state index in [1.54, 1.807) is 7.05 Å². The van der Waals surface area contributed by atoms with Gasteiger partial charge in [-0.3, -0.25) is 4.79 Å². The number of hydrogen-bond acceptors (Lipinski definition) is 3. The number of anilines is 1. The van der Waals surface area contributed by atoms with E-state index in [4.69, 9.17) is 18.0 Å². The van der Waals surface area contributed by atoms with E-state index in [9.17, 15) is 4.79 Å². The molecule has 1 atom stereocenters. The molecular formula is C11H14ClN3O. The van der Waals surface area contributed by atoms with Crippen molar-refractivity contribution in [2.24, 2.45) is 7.05 Å². The van der Waals surface area contributed by atoms with Crippen molar-refractivity contribution in [3.05, 3.63) is 21.6 Å². The Morgan fingerprint density at radius 3 is 3.00 bits per heavy atom. The first kappa shape index (κ1) is 12.6. The van der Waals surface area contributed by atoms with Crippen LogP contribution in [0.4, 0.5) is 5.69 Å². The second-order valence-corrected chi connectivity index (χ2v) is 3.84. The molecule has 1 N–H and O–H groups in total. The first-order valence-electron chi connectivity index (χ1n) is 5.02. The van der Waals surface area contributed by atoms with Gasteiger partial charge in [0.25, 0.3) is 5.56 Å². The Labute approximate surface area is 99.6 Å². The van der Waals surface area contributed by atoms with Crippen LogP contribution in [0.2, 0.25) is 5.02 Å². The number of aryl methyl sites for hydroxylation is 1. The number of halogens is 1. The summed E-state index contributed by atoms with van der Waals surface area (Å²) in [7, 11) is 1.55. The largest absolute Gasteiger partial charge is 0.379 e. The SMILES string of the molecule is C#CCC(CC)Nc1cnn(C)c(=O)c1Cl. The van der Waals surface area contributed by atoms with Gasteiger partial charge in [0.2, 0.25) is 0 Å². The molecule has 4 nitrogen and oxygen atoms in total. The van der Waals surface area contributed by atoms with Gasteiger partial charge in [-0.2, -0.15) is 5.10 Å². The van der Waals surface area contributed by atoms with E-state index >= 15 is 0 Å². The van der Waals surface area contributed by atoms with Crippen LogP contribution in [0.3, 0.4) is 0 Å². The molecule has 0 spiro atoms. The Balaban J connectivity index is 2.94. The Hall–Kier alpha value is -1.47. The topological polar surface area (TPSA) is 46.9 Å². The normalized spacial score (nSPS) is 11.9. The molecule has 1 aromatic heterocycles. The maximum absolute atomic E-state index is 11.5. The summed E-state index contributed by atoms with van der Waals surface area (Å²) in [6, 6.07) is 0.108. The highest BCUT2D eigenvalue weighted by atomic mass is 35.5. The fourth-order valence-corrected chi connectivity index (χ4v) is 1.50. The molecule has 86 valence electrons. The van der Waals surface area contributed by atoms with Crippen LogP contribution in [0.1, 0.15) is 19.8 Å². The third-order valence-corrected chi connectivity index (χ3v) is 2.66. The van der Waals surface area contributed by atoms with Gasteiger partial charge in [-0.05, 0) is 6.42 Å². The minimum Gasteiger partial charge on any atom is -0.379 e. The van der Waals surface area contributed by atoms with Gasteiger partial charge in [-0.15, -0.1) is 12.3 Å². The maximum atomic E-state index is 11.5. The third kappa shape index (κ3) is 2.77.